The predicted octanol–water partition coefficient (Wildman–Crippen LogP) is 2.79. The summed E-state index contributed by atoms with van der Waals surface area (Å²) in [5.74, 6) is -1.57. The van der Waals surface area contributed by atoms with Crippen LogP contribution >= 0.6 is 0 Å². The number of urea groups is 1. The minimum absolute atomic E-state index is 0.133. The molecule has 0 aliphatic rings. The number of anilines is 1. The van der Waals surface area contributed by atoms with Gasteiger partial charge in [-0.15, -0.1) is 0 Å². The average Bonchev–Trinajstić information content (AvgIpc) is 0.850. The van der Waals surface area contributed by atoms with Crippen molar-refractivity contribution in [2.45, 2.75) is 85.0 Å². The fourth-order valence-corrected chi connectivity index (χ4v) is 8.94. The molecule has 0 aromatic heterocycles. The van der Waals surface area contributed by atoms with Gasteiger partial charge in [0, 0.05) is 32.9 Å². The molecule has 0 spiro atoms. The fraction of sp³-hybridized carbons (Fsp3) is 0.853. The predicted molar refractivity (Wildman–Crippen MR) is 408 cm³/mol. The van der Waals surface area contributed by atoms with Gasteiger partial charge in [-0.25, -0.2) is 9.59 Å². The molecule has 1 aromatic carbocycles. The summed E-state index contributed by atoms with van der Waals surface area (Å²) in [7, 11) is 3.33. The number of benzene rings is 1. The molecule has 650 valence electrons. The summed E-state index contributed by atoms with van der Waals surface area (Å²) in [6.07, 6.45) is -0.149. The van der Waals surface area contributed by atoms with Crippen LogP contribution in [0.15, 0.2) is 18.2 Å². The summed E-state index contributed by atoms with van der Waals surface area (Å²) in [4.78, 5) is 65.6. The van der Waals surface area contributed by atoms with Crippen LogP contribution in [-0.4, -0.2) is 384 Å². The van der Waals surface area contributed by atoms with Gasteiger partial charge in [-0.2, -0.15) is 0 Å². The van der Waals surface area contributed by atoms with Gasteiger partial charge in [0.2, 0.25) is 17.7 Å². The number of methoxy groups -OCH3 is 1. The highest BCUT2D eigenvalue weighted by molar-refractivity contribution is 5.98. The Morgan fingerprint density at radius 3 is 0.946 bits per heavy atom. The number of nitrogens with one attached hydrogen (secondary N) is 4. The second-order valence-corrected chi connectivity index (χ2v) is 25.6. The molecule has 0 heterocycles. The number of amides is 6. The third-order valence-electron chi connectivity index (χ3n) is 14.7. The Hall–Kier alpha value is -4.79. The zero-order chi connectivity index (χ0) is 80.8. The number of aryl methyl sites for hydroxylation is 1. The fourth-order valence-electron chi connectivity index (χ4n) is 8.94. The molecule has 0 fully saturated rings. The van der Waals surface area contributed by atoms with E-state index in [4.69, 9.17) is 124 Å². The molecule has 2 atom stereocenters. The van der Waals surface area contributed by atoms with Crippen molar-refractivity contribution in [2.24, 2.45) is 11.7 Å². The smallest absolute Gasteiger partial charge is 0.408 e. The van der Waals surface area contributed by atoms with Crippen molar-refractivity contribution < 1.29 is 142 Å². The highest BCUT2D eigenvalue weighted by Crippen LogP contribution is 2.19. The third kappa shape index (κ3) is 71.5. The van der Waals surface area contributed by atoms with E-state index in [2.05, 4.69) is 21.3 Å². The Morgan fingerprint density at radius 1 is 0.405 bits per heavy atom. The van der Waals surface area contributed by atoms with E-state index in [-0.39, 0.29) is 44.4 Å². The van der Waals surface area contributed by atoms with Gasteiger partial charge in [-0.1, -0.05) is 19.9 Å². The summed E-state index contributed by atoms with van der Waals surface area (Å²) in [6.45, 7) is 32.7. The summed E-state index contributed by atoms with van der Waals surface area (Å²) in [5, 5.41) is 10.7. The van der Waals surface area contributed by atoms with Crippen LogP contribution in [0.2, 0.25) is 0 Å². The van der Waals surface area contributed by atoms with Crippen LogP contribution in [0.5, 0.6) is 0 Å². The lowest BCUT2D eigenvalue weighted by molar-refractivity contribution is -0.131. The van der Waals surface area contributed by atoms with Crippen LogP contribution in [0.25, 0.3) is 0 Å². The number of carbonyl (C=O) groups excluding carboxylic acids is 5. The van der Waals surface area contributed by atoms with Crippen molar-refractivity contribution in [3.8, 4) is 0 Å². The SMILES string of the molecule is COCCOCCOCCOCCOCCOCCOCCOCCOCCOCCOCCOCCOCCOCCOCCOCCOCCOCCOCCOCCOCCOCCOCCOCCC(=O)N(C)Cc1cc(NC(=O)[C@H](CCCNC(N)=O)NC(=O)[C@@H](NC(=O)OC(C)(C)C)C(C)C)ccc1C. The molecule has 0 saturated heterocycles. The third-order valence-corrected chi connectivity index (χ3v) is 14.7. The van der Waals surface area contributed by atoms with Gasteiger partial charge in [0.15, 0.2) is 0 Å². The molecule has 36 nitrogen and oxygen atoms in total. The van der Waals surface area contributed by atoms with Crippen LogP contribution < -0.4 is 27.0 Å². The lowest BCUT2D eigenvalue weighted by Crippen LogP contribution is -2.55. The van der Waals surface area contributed by atoms with E-state index in [9.17, 15) is 24.0 Å². The first-order valence-corrected chi connectivity index (χ1v) is 38.8. The topological polar surface area (TPSA) is 393 Å². The molecule has 6 N–H and O–H groups in total. The minimum atomic E-state index is -1.04. The van der Waals surface area contributed by atoms with Crippen molar-refractivity contribution in [1.29, 1.82) is 0 Å². The maximum Gasteiger partial charge on any atom is 0.408 e. The molecular formula is C75H140N6O30. The lowest BCUT2D eigenvalue weighted by Gasteiger charge is -2.27. The highest BCUT2D eigenvalue weighted by atomic mass is 16.6. The second kappa shape index (κ2) is 77.8. The maximum absolute atomic E-state index is 13.7. The number of hydrogen-bond donors (Lipinski definition) is 5. The monoisotopic (exact) mass is 1600 g/mol. The van der Waals surface area contributed by atoms with Crippen LogP contribution in [0.3, 0.4) is 0 Å². The van der Waals surface area contributed by atoms with Crippen molar-refractivity contribution in [1.82, 2.24) is 20.9 Å². The van der Waals surface area contributed by atoms with E-state index >= 15 is 0 Å². The number of rotatable bonds is 84. The number of hydrogen-bond acceptors (Lipinski definition) is 30. The quantitative estimate of drug-likeness (QED) is 0.0585. The van der Waals surface area contributed by atoms with Gasteiger partial charge < -0.3 is 150 Å². The molecule has 0 unspecified atom stereocenters. The molecule has 0 aliphatic carbocycles. The average molecular weight is 1610 g/mol. The maximum atomic E-state index is 13.7. The zero-order valence-corrected chi connectivity index (χ0v) is 68.0. The summed E-state index contributed by atoms with van der Waals surface area (Å²) >= 11 is 0. The van der Waals surface area contributed by atoms with Gasteiger partial charge in [-0.05, 0) is 69.7 Å². The number of alkyl carbamates (subject to hydrolysis) is 1. The van der Waals surface area contributed by atoms with Gasteiger partial charge in [0.1, 0.15) is 17.7 Å². The zero-order valence-electron chi connectivity index (χ0n) is 68.0. The summed E-state index contributed by atoms with van der Waals surface area (Å²) in [5.41, 5.74) is 6.57. The van der Waals surface area contributed by atoms with Gasteiger partial charge >= 0.3 is 12.1 Å². The van der Waals surface area contributed by atoms with E-state index in [0.717, 1.165) is 11.1 Å². The Balaban J connectivity index is 1.83. The minimum Gasteiger partial charge on any atom is -0.444 e. The summed E-state index contributed by atoms with van der Waals surface area (Å²) < 4.78 is 137. The first-order chi connectivity index (χ1) is 54.0. The Labute approximate surface area is 659 Å². The van der Waals surface area contributed by atoms with Crippen LogP contribution in [0, 0.1) is 12.8 Å². The first-order valence-electron chi connectivity index (χ1n) is 38.8. The molecule has 0 aliphatic heterocycles. The molecule has 1 aromatic rings. The van der Waals surface area contributed by atoms with Crippen LogP contribution in [0.4, 0.5) is 15.3 Å². The second-order valence-electron chi connectivity index (χ2n) is 25.6. The molecule has 0 radical (unpaired) electrons. The molecule has 6 amide bonds. The van der Waals surface area contributed by atoms with Gasteiger partial charge in [0.05, 0.1) is 317 Å². The van der Waals surface area contributed by atoms with Crippen molar-refractivity contribution in [2.75, 3.05) is 337 Å². The van der Waals surface area contributed by atoms with Crippen LogP contribution in [-0.2, 0) is 139 Å². The molecule has 1 rings (SSSR count). The van der Waals surface area contributed by atoms with Crippen molar-refractivity contribution in [3.63, 3.8) is 0 Å². The van der Waals surface area contributed by atoms with E-state index in [1.165, 1.54) is 0 Å². The molecule has 111 heavy (non-hydrogen) atoms. The van der Waals surface area contributed by atoms with Gasteiger partial charge in [-0.3, -0.25) is 14.4 Å². The molecule has 0 bridgehead atoms. The van der Waals surface area contributed by atoms with Crippen molar-refractivity contribution >= 4 is 35.5 Å². The molecule has 0 saturated carbocycles. The lowest BCUT2D eigenvalue weighted by atomic mass is 10.0. The highest BCUT2D eigenvalue weighted by Gasteiger charge is 2.31. The normalized spacial score (nSPS) is 12.2. The number of nitrogens with two attached hydrogens (primary N) is 1. The Kier molecular flexibility index (Phi) is 73.0. The van der Waals surface area contributed by atoms with E-state index in [1.54, 1.807) is 65.8 Å². The largest absolute Gasteiger partial charge is 0.444 e. The Morgan fingerprint density at radius 2 is 0.685 bits per heavy atom. The number of nitrogens with zero attached hydrogens (tertiary/aromatic N) is 1. The Bertz CT molecular complexity index is 2310. The van der Waals surface area contributed by atoms with E-state index < -0.39 is 41.6 Å². The number of ether oxygens (including phenoxy) is 25. The van der Waals surface area contributed by atoms with E-state index in [0.29, 0.717) is 316 Å². The standard InChI is InChI=1S/C75H140N6O30/c1-64(2)70(80-74(86)111-75(4,5)6)72(84)79-68(10-9-14-77-73(76)85)71(83)78-67-12-11-65(3)66(62-67)63-81(7)69(82)13-15-88-18-19-90-22-23-92-26-27-94-30-31-96-34-35-98-38-39-100-42-43-102-46-47-104-50-51-106-54-55-108-58-59-110-61-60-109-57-56-107-53-52-105-49-48-103-45-44-101-41-40-99-37-36-97-33-32-95-29-28-93-25-24-91-21-20-89-17-16-87-8/h11-12,62,64,68,70H,9-10,13-61,63H2,1-8H3,(H,78,83)(H,79,84)(H,80,86)(H3,76,77,85)/t68-,70-/m0/s1. The molecular weight excluding hydrogens is 1460 g/mol. The van der Waals surface area contributed by atoms with Crippen LogP contribution in [0.1, 0.15) is 65.0 Å². The first kappa shape index (κ1) is 104. The van der Waals surface area contributed by atoms with E-state index in [1.807, 2.05) is 13.0 Å². The summed E-state index contributed by atoms with van der Waals surface area (Å²) in [6, 6.07) is 2.57. The number of carbonyl (C=O) groups is 5. The van der Waals surface area contributed by atoms with Crippen molar-refractivity contribution in [3.05, 3.63) is 29.3 Å². The van der Waals surface area contributed by atoms with Gasteiger partial charge in [0.25, 0.3) is 0 Å². The molecule has 36 heteroatoms. The number of primary amides is 1.